The van der Waals surface area contributed by atoms with Crippen LogP contribution in [0.3, 0.4) is 0 Å². The third-order valence-corrected chi connectivity index (χ3v) is 4.13. The van der Waals surface area contributed by atoms with E-state index in [1.165, 1.54) is 12.1 Å². The molecule has 3 nitrogen and oxygen atoms in total. The van der Waals surface area contributed by atoms with Crippen LogP contribution >= 0.6 is 0 Å². The Morgan fingerprint density at radius 2 is 2.15 bits per heavy atom. The molecule has 2 rings (SSSR count). The van der Waals surface area contributed by atoms with Gasteiger partial charge in [-0.2, -0.15) is 0 Å². The van der Waals surface area contributed by atoms with Crippen LogP contribution in [0.4, 0.5) is 4.39 Å². The molecule has 1 heterocycles. The average molecular weight is 278 g/mol. The first-order chi connectivity index (χ1) is 9.60. The molecule has 0 aromatic heterocycles. The summed E-state index contributed by atoms with van der Waals surface area (Å²) in [5, 5.41) is 6.28. The van der Waals surface area contributed by atoms with Crippen molar-refractivity contribution in [3.8, 4) is 0 Å². The van der Waals surface area contributed by atoms with E-state index >= 15 is 0 Å². The summed E-state index contributed by atoms with van der Waals surface area (Å²) in [6.07, 6.45) is 3.17. The van der Waals surface area contributed by atoms with Crippen molar-refractivity contribution in [2.24, 2.45) is 5.92 Å². The number of amides is 1. The summed E-state index contributed by atoms with van der Waals surface area (Å²) in [5.74, 6) is 0.417. The quantitative estimate of drug-likeness (QED) is 0.889. The number of carbonyl (C=O) groups is 1. The van der Waals surface area contributed by atoms with Crippen LogP contribution in [0.15, 0.2) is 24.3 Å². The van der Waals surface area contributed by atoms with Crippen molar-refractivity contribution in [3.05, 3.63) is 35.6 Å². The lowest BCUT2D eigenvalue weighted by Crippen LogP contribution is -2.49. The molecule has 1 aromatic carbocycles. The summed E-state index contributed by atoms with van der Waals surface area (Å²) in [6.45, 7) is 5.00. The van der Waals surface area contributed by atoms with E-state index in [4.69, 9.17) is 0 Å². The van der Waals surface area contributed by atoms with E-state index in [1.807, 2.05) is 6.92 Å². The minimum atomic E-state index is -0.257. The molecule has 20 heavy (non-hydrogen) atoms. The van der Waals surface area contributed by atoms with Crippen LogP contribution in [0.5, 0.6) is 0 Å². The molecule has 2 N–H and O–H groups in total. The Labute approximate surface area is 120 Å². The van der Waals surface area contributed by atoms with Crippen molar-refractivity contribution < 1.29 is 9.18 Å². The lowest BCUT2D eigenvalue weighted by atomic mass is 9.90. The Kier molecular flexibility index (Phi) is 5.12. The molecule has 1 amide bonds. The van der Waals surface area contributed by atoms with Gasteiger partial charge in [-0.3, -0.25) is 4.79 Å². The fourth-order valence-corrected chi connectivity index (χ4v) is 2.72. The first-order valence-corrected chi connectivity index (χ1v) is 7.39. The van der Waals surface area contributed by atoms with Gasteiger partial charge in [-0.1, -0.05) is 25.5 Å². The molecule has 110 valence electrons. The minimum absolute atomic E-state index is 0.0416. The Morgan fingerprint density at radius 1 is 1.45 bits per heavy atom. The second kappa shape index (κ2) is 6.84. The lowest BCUT2D eigenvalue weighted by Gasteiger charge is -2.29. The smallest absolute Gasteiger partial charge is 0.237 e. The maximum Gasteiger partial charge on any atom is 0.237 e. The fraction of sp³-hybridized carbons (Fsp3) is 0.562. The number of nitrogens with one attached hydrogen (secondary N) is 2. The number of benzene rings is 1. The minimum Gasteiger partial charge on any atom is -0.348 e. The third kappa shape index (κ3) is 3.79. The van der Waals surface area contributed by atoms with E-state index in [0.717, 1.165) is 31.4 Å². The normalized spacial score (nSPS) is 24.1. The summed E-state index contributed by atoms with van der Waals surface area (Å²) in [4.78, 5) is 12.3. The third-order valence-electron chi connectivity index (χ3n) is 4.13. The molecule has 4 heteroatoms. The van der Waals surface area contributed by atoms with Crippen molar-refractivity contribution in [2.75, 3.05) is 6.54 Å². The van der Waals surface area contributed by atoms with Gasteiger partial charge in [0, 0.05) is 0 Å². The lowest BCUT2D eigenvalue weighted by molar-refractivity contribution is -0.124. The van der Waals surface area contributed by atoms with Crippen molar-refractivity contribution in [3.63, 3.8) is 0 Å². The predicted molar refractivity (Wildman–Crippen MR) is 77.8 cm³/mol. The van der Waals surface area contributed by atoms with Gasteiger partial charge in [0.1, 0.15) is 5.82 Å². The fourth-order valence-electron chi connectivity index (χ4n) is 2.72. The van der Waals surface area contributed by atoms with Crippen LogP contribution in [-0.2, 0) is 4.79 Å². The van der Waals surface area contributed by atoms with Gasteiger partial charge in [0.15, 0.2) is 0 Å². The summed E-state index contributed by atoms with van der Waals surface area (Å²) in [5.41, 5.74) is 0.919. The molecular weight excluding hydrogens is 255 g/mol. The molecule has 3 atom stereocenters. The SMILES string of the molecule is CCC1CCNC(C(=O)N[C@H](C)c2ccc(F)cc2)C1. The molecule has 0 radical (unpaired) electrons. The summed E-state index contributed by atoms with van der Waals surface area (Å²) in [7, 11) is 0. The van der Waals surface area contributed by atoms with E-state index in [0.29, 0.717) is 5.92 Å². The van der Waals surface area contributed by atoms with Crippen LogP contribution in [0.1, 0.15) is 44.7 Å². The molecule has 1 aliphatic rings. The average Bonchev–Trinajstić information content (AvgIpc) is 2.47. The first kappa shape index (κ1) is 15.0. The molecule has 0 aliphatic carbocycles. The van der Waals surface area contributed by atoms with Crippen LogP contribution < -0.4 is 10.6 Å². The number of halogens is 1. The van der Waals surface area contributed by atoms with Crippen LogP contribution in [0.25, 0.3) is 0 Å². The zero-order chi connectivity index (χ0) is 14.5. The second-order valence-corrected chi connectivity index (χ2v) is 5.59. The standard InChI is InChI=1S/C16H23FN2O/c1-3-12-8-9-18-15(10-12)16(20)19-11(2)13-4-6-14(17)7-5-13/h4-7,11-12,15,18H,3,8-10H2,1-2H3,(H,19,20)/t11-,12?,15?/m1/s1. The van der Waals surface area contributed by atoms with E-state index in [1.54, 1.807) is 12.1 Å². The van der Waals surface area contributed by atoms with Crippen molar-refractivity contribution in [1.82, 2.24) is 10.6 Å². The zero-order valence-electron chi connectivity index (χ0n) is 12.2. The van der Waals surface area contributed by atoms with Gasteiger partial charge in [-0.05, 0) is 49.9 Å². The number of piperidine rings is 1. The molecule has 2 unspecified atom stereocenters. The number of rotatable bonds is 4. The molecule has 1 saturated heterocycles. The van der Waals surface area contributed by atoms with Gasteiger partial charge >= 0.3 is 0 Å². The summed E-state index contributed by atoms with van der Waals surface area (Å²) >= 11 is 0. The molecule has 0 spiro atoms. The number of hydrogen-bond acceptors (Lipinski definition) is 2. The Balaban J connectivity index is 1.91. The Morgan fingerprint density at radius 3 is 2.80 bits per heavy atom. The van der Waals surface area contributed by atoms with Crippen molar-refractivity contribution in [1.29, 1.82) is 0 Å². The van der Waals surface area contributed by atoms with Crippen molar-refractivity contribution in [2.45, 2.75) is 45.2 Å². The van der Waals surface area contributed by atoms with E-state index in [2.05, 4.69) is 17.6 Å². The molecule has 1 aromatic rings. The maximum atomic E-state index is 12.9. The molecule has 1 aliphatic heterocycles. The number of carbonyl (C=O) groups excluding carboxylic acids is 1. The first-order valence-electron chi connectivity index (χ1n) is 7.39. The maximum absolute atomic E-state index is 12.9. The van der Waals surface area contributed by atoms with Crippen LogP contribution in [0.2, 0.25) is 0 Å². The van der Waals surface area contributed by atoms with Gasteiger partial charge in [0.05, 0.1) is 12.1 Å². The van der Waals surface area contributed by atoms with Crippen molar-refractivity contribution >= 4 is 5.91 Å². The topological polar surface area (TPSA) is 41.1 Å². The number of hydrogen-bond donors (Lipinski definition) is 2. The highest BCUT2D eigenvalue weighted by Crippen LogP contribution is 2.20. The van der Waals surface area contributed by atoms with Crippen LogP contribution in [-0.4, -0.2) is 18.5 Å². The van der Waals surface area contributed by atoms with E-state index in [9.17, 15) is 9.18 Å². The zero-order valence-corrected chi connectivity index (χ0v) is 12.2. The van der Waals surface area contributed by atoms with E-state index < -0.39 is 0 Å². The molecule has 0 bridgehead atoms. The monoisotopic (exact) mass is 278 g/mol. The summed E-state index contributed by atoms with van der Waals surface area (Å²) < 4.78 is 12.9. The highest BCUT2D eigenvalue weighted by Gasteiger charge is 2.26. The summed E-state index contributed by atoms with van der Waals surface area (Å²) in [6, 6.07) is 6.06. The van der Waals surface area contributed by atoms with Gasteiger partial charge in [0.2, 0.25) is 5.91 Å². The largest absolute Gasteiger partial charge is 0.348 e. The Bertz CT molecular complexity index is 446. The predicted octanol–water partition coefficient (Wildman–Crippen LogP) is 2.78. The van der Waals surface area contributed by atoms with Crippen LogP contribution in [0, 0.1) is 11.7 Å². The van der Waals surface area contributed by atoms with Gasteiger partial charge in [-0.25, -0.2) is 4.39 Å². The second-order valence-electron chi connectivity index (χ2n) is 5.59. The molecule has 0 saturated carbocycles. The highest BCUT2D eigenvalue weighted by atomic mass is 19.1. The van der Waals surface area contributed by atoms with Gasteiger partial charge < -0.3 is 10.6 Å². The van der Waals surface area contributed by atoms with Gasteiger partial charge in [0.25, 0.3) is 0 Å². The Hall–Kier alpha value is -1.42. The molecular formula is C16H23FN2O. The molecule has 1 fully saturated rings. The van der Waals surface area contributed by atoms with E-state index in [-0.39, 0.29) is 23.8 Å². The van der Waals surface area contributed by atoms with Gasteiger partial charge in [-0.15, -0.1) is 0 Å². The highest BCUT2D eigenvalue weighted by molar-refractivity contribution is 5.82.